The van der Waals surface area contributed by atoms with Crippen molar-refractivity contribution in [1.29, 1.82) is 0 Å². The molecule has 0 atom stereocenters. The molecule has 0 bridgehead atoms. The quantitative estimate of drug-likeness (QED) is 0.572. The third kappa shape index (κ3) is 1.45. The number of rotatable bonds is 1. The van der Waals surface area contributed by atoms with Crippen LogP contribution in [-0.4, -0.2) is 0 Å². The van der Waals surface area contributed by atoms with E-state index in [1.807, 2.05) is 0 Å². The van der Waals surface area contributed by atoms with E-state index in [4.69, 9.17) is 0 Å². The van der Waals surface area contributed by atoms with Crippen molar-refractivity contribution in [3.63, 3.8) is 0 Å². The Morgan fingerprint density at radius 2 is 1.91 bits per heavy atom. The second-order valence-corrected chi connectivity index (χ2v) is 2.14. The number of hydrogen-bond donors (Lipinski definition) is 0. The van der Waals surface area contributed by atoms with Crippen LogP contribution in [0.5, 0.6) is 0 Å². The summed E-state index contributed by atoms with van der Waals surface area (Å²) in [5, 5.41) is -1.23. The van der Waals surface area contributed by atoms with E-state index < -0.39 is 16.8 Å². The van der Waals surface area contributed by atoms with Gasteiger partial charge in [0.2, 0.25) is 0 Å². The molecule has 0 saturated carbocycles. The molecule has 0 heterocycles. The predicted molar refractivity (Wildman–Crippen MR) is 35.8 cm³/mol. The highest BCUT2D eigenvalue weighted by Crippen LogP contribution is 2.21. The highest BCUT2D eigenvalue weighted by molar-refractivity contribution is 5.45. The second-order valence-electron chi connectivity index (χ2n) is 2.14. The molecule has 1 aromatic carbocycles. The molecule has 1 rings (SSSR count). The van der Waals surface area contributed by atoms with Gasteiger partial charge in [0.1, 0.15) is 5.69 Å². The number of aryl methyl sites for hydroxylation is 1. The maximum atomic E-state index is 12.7. The molecule has 0 unspecified atom stereocenters. The van der Waals surface area contributed by atoms with E-state index in [-0.39, 0.29) is 5.56 Å². The monoisotopic (exact) mass is 161 g/mol. The number of benzene rings is 1. The van der Waals surface area contributed by atoms with Gasteiger partial charge in [0.25, 0.3) is 0 Å². The average molecular weight is 161 g/mol. The molecule has 1 aromatic rings. The molecule has 4 heteroatoms. The lowest BCUT2D eigenvalue weighted by molar-refractivity contribution is 0.231. The molecule has 0 aliphatic carbocycles. The van der Waals surface area contributed by atoms with Gasteiger partial charge in [-0.25, -0.2) is 4.39 Å². The third-order valence-electron chi connectivity index (χ3n) is 1.35. The van der Waals surface area contributed by atoms with Gasteiger partial charge in [-0.05, 0) is 23.9 Å². The fraction of sp³-hybridized carbons (Fsp3) is 0.143. The highest BCUT2D eigenvalue weighted by Gasteiger charge is 2.10. The zero-order valence-electron chi connectivity index (χ0n) is 5.81. The first kappa shape index (κ1) is 7.91. The van der Waals surface area contributed by atoms with E-state index in [2.05, 4.69) is 0 Å². The van der Waals surface area contributed by atoms with Crippen molar-refractivity contribution in [2.24, 2.45) is 0 Å². The van der Waals surface area contributed by atoms with Crippen LogP contribution >= 0.6 is 0 Å². The zero-order valence-corrected chi connectivity index (χ0v) is 5.81. The van der Waals surface area contributed by atoms with Crippen molar-refractivity contribution in [2.75, 3.05) is 5.34 Å². The fourth-order valence-corrected chi connectivity index (χ4v) is 0.762. The fourth-order valence-electron chi connectivity index (χ4n) is 0.762. The molecule has 60 valence electrons. The molecule has 1 nitrogen and oxygen atoms in total. The first-order valence-corrected chi connectivity index (χ1v) is 2.99. The molecule has 11 heavy (non-hydrogen) atoms. The molecule has 0 N–H and O–H groups in total. The Labute approximate surface area is 61.9 Å². The Morgan fingerprint density at radius 1 is 1.27 bits per heavy atom. The smallest absolute Gasteiger partial charge is 0.155 e. The summed E-state index contributed by atoms with van der Waals surface area (Å²) in [6.45, 7) is 1.43. The number of anilines is 1. The molecule has 0 amide bonds. The van der Waals surface area contributed by atoms with E-state index >= 15 is 0 Å². The van der Waals surface area contributed by atoms with Crippen LogP contribution in [0.3, 0.4) is 0 Å². The van der Waals surface area contributed by atoms with Crippen LogP contribution in [0.25, 0.3) is 0 Å². The number of nitrogens with zero attached hydrogens (tertiary/aromatic N) is 1. The number of hydrogen-bond acceptors (Lipinski definition) is 1. The van der Waals surface area contributed by atoms with Gasteiger partial charge in [-0.3, -0.25) is 0 Å². The van der Waals surface area contributed by atoms with Crippen LogP contribution < -0.4 is 5.34 Å². The molecule has 0 spiro atoms. The van der Waals surface area contributed by atoms with E-state index in [1.54, 1.807) is 0 Å². The second kappa shape index (κ2) is 2.82. The van der Waals surface area contributed by atoms with E-state index in [0.717, 1.165) is 6.07 Å². The van der Waals surface area contributed by atoms with Crippen molar-refractivity contribution in [1.82, 2.24) is 0 Å². The minimum absolute atomic E-state index is 0.211. The van der Waals surface area contributed by atoms with Crippen molar-refractivity contribution < 1.29 is 13.4 Å². The van der Waals surface area contributed by atoms with Crippen molar-refractivity contribution >= 4 is 5.69 Å². The van der Waals surface area contributed by atoms with Crippen LogP contribution in [0.4, 0.5) is 19.0 Å². The minimum Gasteiger partial charge on any atom is -0.204 e. The molecule has 0 aromatic heterocycles. The van der Waals surface area contributed by atoms with Gasteiger partial charge in [0.05, 0.1) is 0 Å². The van der Waals surface area contributed by atoms with Gasteiger partial charge in [0.15, 0.2) is 5.82 Å². The van der Waals surface area contributed by atoms with Gasteiger partial charge in [0, 0.05) is 0 Å². The summed E-state index contributed by atoms with van der Waals surface area (Å²) in [5.74, 6) is -0.877. The van der Waals surface area contributed by atoms with Crippen LogP contribution in [0, 0.1) is 12.7 Å². The van der Waals surface area contributed by atoms with E-state index in [0.29, 0.717) is 0 Å². The van der Waals surface area contributed by atoms with Gasteiger partial charge < -0.3 is 0 Å². The molecule has 0 fully saturated rings. The lowest BCUT2D eigenvalue weighted by atomic mass is 10.2. The van der Waals surface area contributed by atoms with Crippen molar-refractivity contribution in [2.45, 2.75) is 6.92 Å². The Kier molecular flexibility index (Phi) is 2.03. The first-order valence-electron chi connectivity index (χ1n) is 2.99. The van der Waals surface area contributed by atoms with Gasteiger partial charge in [-0.15, -0.1) is 0 Å². The Hall–Kier alpha value is -1.19. The van der Waals surface area contributed by atoms with Gasteiger partial charge in [-0.1, -0.05) is 21.1 Å². The SMILES string of the molecule is Cc1cccc(N(F)F)c1F. The van der Waals surface area contributed by atoms with E-state index in [1.165, 1.54) is 19.1 Å². The molecule has 0 saturated heterocycles. The van der Waals surface area contributed by atoms with E-state index in [9.17, 15) is 13.4 Å². The van der Waals surface area contributed by atoms with Gasteiger partial charge in [-0.2, -0.15) is 0 Å². The standard InChI is InChI=1S/C7H6F3N/c1-5-3-2-4-6(7(5)8)11(9)10/h2-4H,1H3. The summed E-state index contributed by atoms with van der Waals surface area (Å²) in [4.78, 5) is 0. The molecule has 0 aliphatic rings. The largest absolute Gasteiger partial charge is 0.204 e. The summed E-state index contributed by atoms with van der Waals surface area (Å²) in [6, 6.07) is 3.82. The minimum atomic E-state index is -1.23. The molecular weight excluding hydrogens is 155 g/mol. The Morgan fingerprint density at radius 3 is 2.36 bits per heavy atom. The summed E-state index contributed by atoms with van der Waals surface area (Å²) >= 11 is 0. The maximum Gasteiger partial charge on any atom is 0.155 e. The summed E-state index contributed by atoms with van der Waals surface area (Å²) in [6.07, 6.45) is 0. The Balaban J connectivity index is 3.17. The van der Waals surface area contributed by atoms with Crippen LogP contribution in [0.2, 0.25) is 0 Å². The predicted octanol–water partition coefficient (Wildman–Crippen LogP) is 2.71. The van der Waals surface area contributed by atoms with Crippen molar-refractivity contribution in [3.05, 3.63) is 29.6 Å². The van der Waals surface area contributed by atoms with Crippen LogP contribution in [-0.2, 0) is 0 Å². The summed E-state index contributed by atoms with van der Waals surface area (Å²) in [5.41, 5.74) is -0.479. The third-order valence-corrected chi connectivity index (χ3v) is 1.35. The normalized spacial score (nSPS) is 9.82. The maximum absolute atomic E-state index is 12.7. The summed E-state index contributed by atoms with van der Waals surface area (Å²) < 4.78 is 36.3. The van der Waals surface area contributed by atoms with Crippen LogP contribution in [0.15, 0.2) is 18.2 Å². The van der Waals surface area contributed by atoms with Gasteiger partial charge >= 0.3 is 0 Å². The molecule has 0 radical (unpaired) electrons. The highest BCUT2D eigenvalue weighted by atomic mass is 19.4. The first-order chi connectivity index (χ1) is 5.13. The Bertz CT molecular complexity index is 260. The lowest BCUT2D eigenvalue weighted by Crippen LogP contribution is -1.99. The van der Waals surface area contributed by atoms with Crippen molar-refractivity contribution in [3.8, 4) is 0 Å². The number of halogens is 3. The summed E-state index contributed by atoms with van der Waals surface area (Å²) in [7, 11) is 0. The zero-order chi connectivity index (χ0) is 8.43. The molecular formula is C7H6F3N. The lowest BCUT2D eigenvalue weighted by Gasteiger charge is -2.04. The molecule has 0 aliphatic heterocycles. The average Bonchev–Trinajstić information content (AvgIpc) is 1.94. The topological polar surface area (TPSA) is 3.24 Å². The van der Waals surface area contributed by atoms with Crippen LogP contribution in [0.1, 0.15) is 5.56 Å².